The average Bonchev–Trinajstić information content (AvgIpc) is 2.90. The lowest BCUT2D eigenvalue weighted by Gasteiger charge is -2.12. The molecule has 1 N–H and O–H groups in total. The summed E-state index contributed by atoms with van der Waals surface area (Å²) in [5.41, 5.74) is 2.53. The molecule has 2 heterocycles. The SMILES string of the molecule is CCCCN1C(=O)/C(=C/c2cnn(CC)c2C)NC1=S. The monoisotopic (exact) mass is 292 g/mol. The van der Waals surface area contributed by atoms with Gasteiger partial charge in [-0.15, -0.1) is 0 Å². The van der Waals surface area contributed by atoms with E-state index in [1.807, 2.05) is 24.6 Å². The summed E-state index contributed by atoms with van der Waals surface area (Å²) >= 11 is 5.22. The number of amides is 1. The molecule has 1 amide bonds. The fourth-order valence-electron chi connectivity index (χ4n) is 2.17. The molecule has 5 nitrogen and oxygen atoms in total. The van der Waals surface area contributed by atoms with Gasteiger partial charge in [-0.3, -0.25) is 14.4 Å². The number of nitrogens with zero attached hydrogens (tertiary/aromatic N) is 3. The molecule has 0 spiro atoms. The highest BCUT2D eigenvalue weighted by Crippen LogP contribution is 2.17. The van der Waals surface area contributed by atoms with Crippen molar-refractivity contribution < 1.29 is 4.79 Å². The predicted molar refractivity (Wildman–Crippen MR) is 83.0 cm³/mol. The topological polar surface area (TPSA) is 50.2 Å². The van der Waals surface area contributed by atoms with Crippen molar-refractivity contribution in [1.82, 2.24) is 20.0 Å². The Labute approximate surface area is 124 Å². The van der Waals surface area contributed by atoms with Crippen LogP contribution in [0, 0.1) is 6.92 Å². The highest BCUT2D eigenvalue weighted by atomic mass is 32.1. The van der Waals surface area contributed by atoms with Crippen molar-refractivity contribution in [2.75, 3.05) is 6.54 Å². The van der Waals surface area contributed by atoms with Crippen LogP contribution in [0.2, 0.25) is 0 Å². The van der Waals surface area contributed by atoms with Crippen LogP contribution in [0.15, 0.2) is 11.9 Å². The maximum atomic E-state index is 12.3. The predicted octanol–water partition coefficient (Wildman–Crippen LogP) is 2.07. The molecule has 2 rings (SSSR count). The first-order valence-electron chi connectivity index (χ1n) is 6.95. The Kier molecular flexibility index (Phi) is 4.54. The van der Waals surface area contributed by atoms with Crippen LogP contribution in [0.25, 0.3) is 6.08 Å². The number of carbonyl (C=O) groups excluding carboxylic acids is 1. The zero-order valence-electron chi connectivity index (χ0n) is 12.1. The number of nitrogens with one attached hydrogen (secondary N) is 1. The van der Waals surface area contributed by atoms with Crippen LogP contribution >= 0.6 is 12.2 Å². The second kappa shape index (κ2) is 6.17. The third-order valence-corrected chi connectivity index (χ3v) is 3.76. The summed E-state index contributed by atoms with van der Waals surface area (Å²) in [4.78, 5) is 13.9. The molecule has 6 heteroatoms. The normalized spacial score (nSPS) is 17.1. The molecule has 1 aromatic heterocycles. The third-order valence-electron chi connectivity index (χ3n) is 3.44. The molecule has 0 aromatic carbocycles. The number of hydrogen-bond donors (Lipinski definition) is 1. The Hall–Kier alpha value is -1.69. The summed E-state index contributed by atoms with van der Waals surface area (Å²) < 4.78 is 1.90. The van der Waals surface area contributed by atoms with Gasteiger partial charge in [0.05, 0.1) is 6.20 Å². The van der Waals surface area contributed by atoms with E-state index < -0.39 is 0 Å². The van der Waals surface area contributed by atoms with Gasteiger partial charge in [-0.05, 0) is 38.6 Å². The van der Waals surface area contributed by atoms with E-state index in [0.717, 1.165) is 30.6 Å². The Morgan fingerprint density at radius 3 is 2.80 bits per heavy atom. The first-order valence-corrected chi connectivity index (χ1v) is 7.36. The van der Waals surface area contributed by atoms with E-state index in [9.17, 15) is 4.79 Å². The number of rotatable bonds is 5. The van der Waals surface area contributed by atoms with Crippen molar-refractivity contribution >= 4 is 29.3 Å². The van der Waals surface area contributed by atoms with Gasteiger partial charge in [-0.25, -0.2) is 0 Å². The first kappa shape index (κ1) is 14.7. The Morgan fingerprint density at radius 1 is 1.45 bits per heavy atom. The zero-order chi connectivity index (χ0) is 14.7. The number of aryl methyl sites for hydroxylation is 1. The molecule has 1 aromatic rings. The lowest BCUT2D eigenvalue weighted by Crippen LogP contribution is -2.31. The van der Waals surface area contributed by atoms with Crippen molar-refractivity contribution in [2.45, 2.75) is 40.2 Å². The third kappa shape index (κ3) is 2.75. The van der Waals surface area contributed by atoms with Gasteiger partial charge in [-0.2, -0.15) is 5.10 Å². The highest BCUT2D eigenvalue weighted by molar-refractivity contribution is 7.80. The summed E-state index contributed by atoms with van der Waals surface area (Å²) in [6.45, 7) is 7.62. The molecule has 1 saturated heterocycles. The quantitative estimate of drug-likeness (QED) is 0.667. The van der Waals surface area contributed by atoms with Crippen LogP contribution in [0.1, 0.15) is 37.9 Å². The number of hydrogen-bond acceptors (Lipinski definition) is 3. The van der Waals surface area contributed by atoms with Gasteiger partial charge in [0.1, 0.15) is 5.70 Å². The molecular formula is C14H20N4OS. The summed E-state index contributed by atoms with van der Waals surface area (Å²) in [7, 11) is 0. The van der Waals surface area contributed by atoms with Gasteiger partial charge < -0.3 is 5.32 Å². The largest absolute Gasteiger partial charge is 0.328 e. The highest BCUT2D eigenvalue weighted by Gasteiger charge is 2.30. The van der Waals surface area contributed by atoms with E-state index in [2.05, 4.69) is 17.3 Å². The van der Waals surface area contributed by atoms with Crippen molar-refractivity contribution in [1.29, 1.82) is 0 Å². The van der Waals surface area contributed by atoms with Gasteiger partial charge in [-0.1, -0.05) is 13.3 Å². The first-order chi connectivity index (χ1) is 9.58. The number of carbonyl (C=O) groups is 1. The number of aromatic nitrogens is 2. The van der Waals surface area contributed by atoms with Crippen LogP contribution in [-0.2, 0) is 11.3 Å². The lowest BCUT2D eigenvalue weighted by molar-refractivity contribution is -0.122. The zero-order valence-corrected chi connectivity index (χ0v) is 13.0. The average molecular weight is 292 g/mol. The van der Waals surface area contributed by atoms with Gasteiger partial charge in [0.15, 0.2) is 5.11 Å². The molecule has 0 saturated carbocycles. The maximum Gasteiger partial charge on any atom is 0.276 e. The molecule has 0 unspecified atom stereocenters. The maximum absolute atomic E-state index is 12.3. The number of thiocarbonyl (C=S) groups is 1. The van der Waals surface area contributed by atoms with Crippen LogP contribution in [-0.4, -0.2) is 32.2 Å². The van der Waals surface area contributed by atoms with Gasteiger partial charge >= 0.3 is 0 Å². The molecule has 108 valence electrons. The summed E-state index contributed by atoms with van der Waals surface area (Å²) in [6.07, 6.45) is 5.59. The molecular weight excluding hydrogens is 272 g/mol. The van der Waals surface area contributed by atoms with E-state index in [0.29, 0.717) is 17.4 Å². The van der Waals surface area contributed by atoms with Crippen LogP contribution in [0.5, 0.6) is 0 Å². The molecule has 1 aliphatic rings. The minimum Gasteiger partial charge on any atom is -0.328 e. The van der Waals surface area contributed by atoms with Gasteiger partial charge in [0.2, 0.25) is 0 Å². The number of unbranched alkanes of at least 4 members (excludes halogenated alkanes) is 1. The Balaban J connectivity index is 2.21. The molecule has 20 heavy (non-hydrogen) atoms. The van der Waals surface area contributed by atoms with E-state index in [1.54, 1.807) is 11.1 Å². The minimum absolute atomic E-state index is 0.0490. The van der Waals surface area contributed by atoms with Crippen LogP contribution in [0.4, 0.5) is 0 Å². The van der Waals surface area contributed by atoms with E-state index in [1.165, 1.54) is 0 Å². The Bertz CT molecular complexity index is 562. The second-order valence-corrected chi connectivity index (χ2v) is 5.19. The second-order valence-electron chi connectivity index (χ2n) is 4.80. The summed E-state index contributed by atoms with van der Waals surface area (Å²) in [6, 6.07) is 0. The van der Waals surface area contributed by atoms with Crippen LogP contribution < -0.4 is 5.32 Å². The Morgan fingerprint density at radius 2 is 2.20 bits per heavy atom. The summed E-state index contributed by atoms with van der Waals surface area (Å²) in [5.74, 6) is -0.0490. The minimum atomic E-state index is -0.0490. The van der Waals surface area contributed by atoms with E-state index in [4.69, 9.17) is 12.2 Å². The molecule has 0 radical (unpaired) electrons. The van der Waals surface area contributed by atoms with Gasteiger partial charge in [0.25, 0.3) is 5.91 Å². The van der Waals surface area contributed by atoms with Crippen molar-refractivity contribution in [3.8, 4) is 0 Å². The molecule has 0 atom stereocenters. The fraction of sp³-hybridized carbons (Fsp3) is 0.500. The summed E-state index contributed by atoms with van der Waals surface area (Å²) in [5, 5.41) is 7.77. The van der Waals surface area contributed by atoms with Crippen molar-refractivity contribution in [3.05, 3.63) is 23.2 Å². The molecule has 0 bridgehead atoms. The molecule has 1 aliphatic heterocycles. The fourth-order valence-corrected chi connectivity index (χ4v) is 2.45. The van der Waals surface area contributed by atoms with Gasteiger partial charge in [0, 0.05) is 24.3 Å². The van der Waals surface area contributed by atoms with E-state index >= 15 is 0 Å². The molecule has 1 fully saturated rings. The van der Waals surface area contributed by atoms with E-state index in [-0.39, 0.29) is 5.91 Å². The lowest BCUT2D eigenvalue weighted by atomic mass is 10.2. The smallest absolute Gasteiger partial charge is 0.276 e. The molecule has 0 aliphatic carbocycles. The van der Waals surface area contributed by atoms with Crippen molar-refractivity contribution in [3.63, 3.8) is 0 Å². The van der Waals surface area contributed by atoms with Crippen molar-refractivity contribution in [2.24, 2.45) is 0 Å². The van der Waals surface area contributed by atoms with Crippen LogP contribution in [0.3, 0.4) is 0 Å². The standard InChI is InChI=1S/C14H20N4OS/c1-4-6-7-17-13(19)12(16-14(17)20)8-11-9-15-18(5-2)10(11)3/h8-9H,4-7H2,1-3H3,(H,16,20)/b12-8-.